The summed E-state index contributed by atoms with van der Waals surface area (Å²) in [6.07, 6.45) is -2.15. The van der Waals surface area contributed by atoms with Crippen LogP contribution in [0.4, 0.5) is 0 Å². The van der Waals surface area contributed by atoms with E-state index in [0.29, 0.717) is 39.3 Å². The van der Waals surface area contributed by atoms with Crippen LogP contribution in [-0.4, -0.2) is 90.3 Å². The van der Waals surface area contributed by atoms with Crippen LogP contribution in [0.2, 0.25) is 0 Å². The van der Waals surface area contributed by atoms with Gasteiger partial charge in [-0.1, -0.05) is 8.80 Å². The maximum atomic E-state index is 11.8. The number of hydrogen-bond acceptors (Lipinski definition) is 8. The van der Waals surface area contributed by atoms with Crippen molar-refractivity contribution in [3.05, 3.63) is 0 Å². The van der Waals surface area contributed by atoms with Gasteiger partial charge in [-0.3, -0.25) is 0 Å². The summed E-state index contributed by atoms with van der Waals surface area (Å²) in [7, 11) is -5.52. The van der Waals surface area contributed by atoms with Crippen LogP contribution in [0.15, 0.2) is 8.80 Å². The molecule has 0 amide bonds. The van der Waals surface area contributed by atoms with E-state index in [0.717, 1.165) is 14.2 Å². The molecule has 0 bridgehead atoms. The minimum Gasteiger partial charge on any atom is -0.603 e. The Kier molecular flexibility index (Phi) is 13.2. The molecule has 0 N–H and O–H groups in total. The van der Waals surface area contributed by atoms with Gasteiger partial charge in [0.05, 0.1) is 39.3 Å². The third-order valence-electron chi connectivity index (χ3n) is 5.17. The monoisotopic (exact) mass is 476 g/mol. The van der Waals surface area contributed by atoms with Crippen molar-refractivity contribution < 1.29 is 44.3 Å². The molecule has 0 fully saturated rings. The van der Waals surface area contributed by atoms with E-state index in [1.54, 1.807) is 41.5 Å². The zero-order chi connectivity index (χ0) is 24.2. The van der Waals surface area contributed by atoms with Crippen LogP contribution < -0.4 is 10.2 Å². The Morgan fingerprint density at radius 2 is 0.833 bits per heavy atom. The van der Waals surface area contributed by atoms with Crippen LogP contribution in [0.25, 0.3) is 0 Å². The van der Waals surface area contributed by atoms with Crippen molar-refractivity contribution in [2.45, 2.75) is 41.5 Å². The van der Waals surface area contributed by atoms with Gasteiger partial charge in [-0.25, -0.2) is 0 Å². The Morgan fingerprint density at radius 3 is 0.967 bits per heavy atom. The molecule has 14 heteroatoms. The fourth-order valence-corrected chi connectivity index (χ4v) is 5.59. The summed E-state index contributed by atoms with van der Waals surface area (Å²) in [6.45, 7) is 12.7. The third kappa shape index (κ3) is 7.25. The highest BCUT2D eigenvalue weighted by molar-refractivity contribution is 7.85. The van der Waals surface area contributed by atoms with Gasteiger partial charge in [0.1, 0.15) is 0 Å². The first-order chi connectivity index (χ1) is 13.8. The second kappa shape index (κ2) is 12.9. The standard InChI is InChI=1S/2C8H18N2O4S/c2*1-5-10(6-2,7-3)15(12,13)9-8(11)14-4/h2*5-7H2,1-4H3. The Labute approximate surface area is 181 Å². The van der Waals surface area contributed by atoms with Gasteiger partial charge in [0, 0.05) is 0 Å². The van der Waals surface area contributed by atoms with Gasteiger partial charge in [0.15, 0.2) is 12.2 Å². The molecule has 0 saturated heterocycles. The molecule has 0 rings (SSSR count). The van der Waals surface area contributed by atoms with Crippen molar-refractivity contribution in [3.8, 4) is 0 Å². The smallest absolute Gasteiger partial charge is 0.416 e. The van der Waals surface area contributed by atoms with E-state index in [-0.39, 0.29) is 7.78 Å². The first-order valence-corrected chi connectivity index (χ1v) is 12.4. The third-order valence-corrected chi connectivity index (χ3v) is 9.43. The van der Waals surface area contributed by atoms with E-state index in [1.807, 2.05) is 0 Å². The average molecular weight is 477 g/mol. The predicted molar refractivity (Wildman–Crippen MR) is 110 cm³/mol. The van der Waals surface area contributed by atoms with Gasteiger partial charge in [-0.2, -0.15) is 7.78 Å². The molecule has 0 radical (unpaired) electrons. The molecule has 0 atom stereocenters. The molecular weight excluding hydrogens is 440 g/mol. The van der Waals surface area contributed by atoms with E-state index >= 15 is 0 Å². The van der Waals surface area contributed by atoms with Crippen molar-refractivity contribution >= 4 is 32.6 Å². The summed E-state index contributed by atoms with van der Waals surface area (Å²) in [5, 5.41) is 21.7. The van der Waals surface area contributed by atoms with Gasteiger partial charge >= 0.3 is 20.4 Å². The molecule has 0 aliphatic carbocycles. The van der Waals surface area contributed by atoms with Crippen molar-refractivity contribution in [3.63, 3.8) is 0 Å². The SMILES string of the molecule is CC[N+](CC)(CC)S(=O)(=O)/N=C(/[O-])OC.CC[N+](CC)(CC)S(=O)(=O)/N=C(/[O-])OC. The Bertz CT molecular complexity index is 689. The van der Waals surface area contributed by atoms with Crippen LogP contribution in [0, 0.1) is 0 Å². The minimum absolute atomic E-state index is 0.234. The van der Waals surface area contributed by atoms with Crippen LogP contribution >= 0.6 is 0 Å². The summed E-state index contributed by atoms with van der Waals surface area (Å²) >= 11 is 0. The molecule has 180 valence electrons. The molecule has 0 aromatic carbocycles. The molecule has 12 nitrogen and oxygen atoms in total. The topological polar surface area (TPSA) is 158 Å². The maximum Gasteiger partial charge on any atom is 0.416 e. The van der Waals surface area contributed by atoms with E-state index < -0.39 is 32.6 Å². The molecule has 30 heavy (non-hydrogen) atoms. The Balaban J connectivity index is 0. The highest BCUT2D eigenvalue weighted by Crippen LogP contribution is 2.17. The van der Waals surface area contributed by atoms with Gasteiger partial charge in [-0.05, 0) is 55.8 Å². The van der Waals surface area contributed by atoms with E-state index in [2.05, 4.69) is 18.3 Å². The summed E-state index contributed by atoms with van der Waals surface area (Å²) in [4.78, 5) is 0. The Morgan fingerprint density at radius 1 is 0.633 bits per heavy atom. The summed E-state index contributed by atoms with van der Waals surface area (Å²) in [6, 6.07) is 0. The largest absolute Gasteiger partial charge is 0.603 e. The fourth-order valence-electron chi connectivity index (χ4n) is 2.76. The number of ether oxygens (including phenoxy) is 2. The van der Waals surface area contributed by atoms with Crippen LogP contribution in [0.3, 0.4) is 0 Å². The lowest BCUT2D eigenvalue weighted by molar-refractivity contribution is -0.800. The lowest BCUT2D eigenvalue weighted by atomic mass is 10.5. The Hall–Kier alpha value is -1.64. The molecule has 0 heterocycles. The molecule has 0 aromatic heterocycles. The van der Waals surface area contributed by atoms with E-state index in [4.69, 9.17) is 0 Å². The number of nitrogens with zero attached hydrogens (tertiary/aromatic N) is 4. The first-order valence-electron chi connectivity index (χ1n) is 9.62. The molecule has 0 aliphatic heterocycles. The van der Waals surface area contributed by atoms with Crippen LogP contribution in [-0.2, 0) is 29.9 Å². The number of quaternary nitrogens is 2. The van der Waals surface area contributed by atoms with Crippen LogP contribution in [0.5, 0.6) is 0 Å². The van der Waals surface area contributed by atoms with E-state index in [1.165, 1.54) is 0 Å². The lowest BCUT2D eigenvalue weighted by Crippen LogP contribution is -2.51. The normalized spacial score (nSPS) is 14.0. The highest BCUT2D eigenvalue weighted by Gasteiger charge is 2.38. The second-order valence-corrected chi connectivity index (χ2v) is 9.74. The lowest BCUT2D eigenvalue weighted by Gasteiger charge is -2.31. The number of rotatable bonds is 10. The predicted octanol–water partition coefficient (Wildman–Crippen LogP) is -1.06. The minimum atomic E-state index is -3.86. The first kappa shape index (κ1) is 30.6. The average Bonchev–Trinajstić information content (AvgIpc) is 2.70. The molecular formula is C16H36N4O8S2. The molecule has 0 saturated carbocycles. The van der Waals surface area contributed by atoms with Crippen molar-refractivity contribution in [2.75, 3.05) is 53.5 Å². The molecule has 0 aliphatic rings. The van der Waals surface area contributed by atoms with Gasteiger partial charge in [0.2, 0.25) is 0 Å². The van der Waals surface area contributed by atoms with Gasteiger partial charge in [-0.15, -0.1) is 16.8 Å². The summed E-state index contributed by atoms with van der Waals surface area (Å²) < 4.78 is 61.4. The molecule has 0 aromatic rings. The van der Waals surface area contributed by atoms with Crippen molar-refractivity contribution in [1.29, 1.82) is 0 Å². The molecule has 0 unspecified atom stereocenters. The maximum absolute atomic E-state index is 11.8. The summed E-state index contributed by atoms with van der Waals surface area (Å²) in [5.74, 6) is 0. The van der Waals surface area contributed by atoms with Crippen molar-refractivity contribution in [1.82, 2.24) is 0 Å². The van der Waals surface area contributed by atoms with Gasteiger partial charge in [0.25, 0.3) is 0 Å². The van der Waals surface area contributed by atoms with E-state index in [9.17, 15) is 27.0 Å². The number of methoxy groups -OCH3 is 2. The molecule has 0 spiro atoms. The number of hydrogen-bond donors (Lipinski definition) is 0. The summed E-state index contributed by atoms with van der Waals surface area (Å²) in [5.41, 5.74) is 0. The quantitative estimate of drug-likeness (QED) is 0.219. The zero-order valence-corrected chi connectivity index (χ0v) is 20.7. The van der Waals surface area contributed by atoms with Crippen LogP contribution in [0.1, 0.15) is 41.5 Å². The second-order valence-electron chi connectivity index (χ2n) is 6.03. The highest BCUT2D eigenvalue weighted by atomic mass is 32.2. The van der Waals surface area contributed by atoms with Gasteiger partial charge < -0.3 is 19.7 Å². The van der Waals surface area contributed by atoms with Crippen molar-refractivity contribution in [2.24, 2.45) is 8.80 Å². The zero-order valence-electron chi connectivity index (χ0n) is 19.1. The fraction of sp³-hybridized carbons (Fsp3) is 0.875.